The second-order valence-electron chi connectivity index (χ2n) is 5.55. The number of hydrogen-bond acceptors (Lipinski definition) is 5. The van der Waals surface area contributed by atoms with Gasteiger partial charge in [-0.2, -0.15) is 0 Å². The van der Waals surface area contributed by atoms with Crippen molar-refractivity contribution >= 4 is 11.9 Å². The number of carbonyl (C=O) groups is 2. The van der Waals surface area contributed by atoms with Crippen LogP contribution in [0.4, 0.5) is 0 Å². The molecule has 0 bridgehead atoms. The zero-order valence-corrected chi connectivity index (χ0v) is 14.4. The minimum Gasteiger partial charge on any atom is -0.465 e. The summed E-state index contributed by atoms with van der Waals surface area (Å²) in [6.07, 6.45) is 0. The zero-order valence-electron chi connectivity index (χ0n) is 14.4. The van der Waals surface area contributed by atoms with Gasteiger partial charge in [0.15, 0.2) is 0 Å². The average Bonchev–Trinajstić information content (AvgIpc) is 2.73. The van der Waals surface area contributed by atoms with Gasteiger partial charge in [0.05, 0.1) is 36.7 Å². The van der Waals surface area contributed by atoms with E-state index < -0.39 is 0 Å². The molecule has 0 radical (unpaired) electrons. The lowest BCUT2D eigenvalue weighted by atomic mass is 10.1. The van der Waals surface area contributed by atoms with Crippen molar-refractivity contribution < 1.29 is 19.1 Å². The summed E-state index contributed by atoms with van der Waals surface area (Å²) in [7, 11) is 2.71. The van der Waals surface area contributed by atoms with Crippen molar-refractivity contribution in [1.82, 2.24) is 4.98 Å². The van der Waals surface area contributed by atoms with Crippen LogP contribution in [0.25, 0.3) is 22.5 Å². The minimum absolute atomic E-state index is 0.371. The molecule has 0 amide bonds. The fourth-order valence-electron chi connectivity index (χ4n) is 2.55. The predicted molar refractivity (Wildman–Crippen MR) is 97.8 cm³/mol. The summed E-state index contributed by atoms with van der Waals surface area (Å²) in [5, 5.41) is 0. The Morgan fingerprint density at radius 2 is 1.04 bits per heavy atom. The molecule has 0 aliphatic heterocycles. The van der Waals surface area contributed by atoms with E-state index in [9.17, 15) is 9.59 Å². The highest BCUT2D eigenvalue weighted by Crippen LogP contribution is 2.23. The van der Waals surface area contributed by atoms with Crippen molar-refractivity contribution in [3.05, 3.63) is 77.9 Å². The lowest BCUT2D eigenvalue weighted by Gasteiger charge is -2.07. The van der Waals surface area contributed by atoms with E-state index in [2.05, 4.69) is 4.98 Å². The molecule has 0 aliphatic carbocycles. The molecule has 1 heterocycles. The highest BCUT2D eigenvalue weighted by atomic mass is 16.5. The van der Waals surface area contributed by atoms with Crippen molar-refractivity contribution in [1.29, 1.82) is 0 Å². The maximum Gasteiger partial charge on any atom is 0.337 e. The van der Waals surface area contributed by atoms with E-state index in [1.165, 1.54) is 14.2 Å². The Morgan fingerprint density at radius 1 is 0.654 bits per heavy atom. The molecule has 0 atom stereocenters. The molecule has 3 aromatic rings. The third-order valence-corrected chi connectivity index (χ3v) is 3.95. The van der Waals surface area contributed by atoms with Crippen LogP contribution in [0.1, 0.15) is 20.7 Å². The number of carbonyl (C=O) groups excluding carboxylic acids is 2. The molecular weight excluding hydrogens is 330 g/mol. The van der Waals surface area contributed by atoms with Crippen LogP contribution in [0.5, 0.6) is 0 Å². The molecule has 1 aromatic heterocycles. The predicted octanol–water partition coefficient (Wildman–Crippen LogP) is 3.99. The Balaban J connectivity index is 1.88. The van der Waals surface area contributed by atoms with E-state index >= 15 is 0 Å². The third kappa shape index (κ3) is 3.62. The van der Waals surface area contributed by atoms with Gasteiger partial charge < -0.3 is 9.47 Å². The Kier molecular flexibility index (Phi) is 5.08. The number of benzene rings is 2. The number of esters is 2. The quantitative estimate of drug-likeness (QED) is 0.668. The first-order valence-corrected chi connectivity index (χ1v) is 7.97. The highest BCUT2D eigenvalue weighted by Gasteiger charge is 2.08. The summed E-state index contributed by atoms with van der Waals surface area (Å²) in [6.45, 7) is 0. The van der Waals surface area contributed by atoms with Crippen LogP contribution in [-0.2, 0) is 9.47 Å². The fraction of sp³-hybridized carbons (Fsp3) is 0.0952. The van der Waals surface area contributed by atoms with Crippen LogP contribution in [0.15, 0.2) is 66.7 Å². The average molecular weight is 347 g/mol. The van der Waals surface area contributed by atoms with Gasteiger partial charge in [-0.15, -0.1) is 0 Å². The summed E-state index contributed by atoms with van der Waals surface area (Å²) >= 11 is 0. The number of pyridine rings is 1. The first-order valence-electron chi connectivity index (χ1n) is 7.97. The number of nitrogens with zero attached hydrogens (tertiary/aromatic N) is 1. The van der Waals surface area contributed by atoms with Gasteiger partial charge in [-0.3, -0.25) is 0 Å². The Morgan fingerprint density at radius 3 is 1.38 bits per heavy atom. The van der Waals surface area contributed by atoms with E-state index in [0.29, 0.717) is 11.1 Å². The molecule has 0 saturated heterocycles. The minimum atomic E-state index is -0.371. The fourth-order valence-corrected chi connectivity index (χ4v) is 2.55. The van der Waals surface area contributed by atoms with E-state index in [1.54, 1.807) is 24.3 Å². The lowest BCUT2D eigenvalue weighted by Crippen LogP contribution is -2.00. The molecule has 130 valence electrons. The normalized spacial score (nSPS) is 10.2. The van der Waals surface area contributed by atoms with Crippen LogP contribution >= 0.6 is 0 Å². The highest BCUT2D eigenvalue weighted by molar-refractivity contribution is 5.90. The van der Waals surface area contributed by atoms with Crippen molar-refractivity contribution in [3.63, 3.8) is 0 Å². The van der Waals surface area contributed by atoms with Gasteiger partial charge in [0.1, 0.15) is 0 Å². The van der Waals surface area contributed by atoms with Gasteiger partial charge in [-0.05, 0) is 36.4 Å². The lowest BCUT2D eigenvalue weighted by molar-refractivity contribution is 0.0592. The van der Waals surface area contributed by atoms with Gasteiger partial charge in [-0.25, -0.2) is 14.6 Å². The molecule has 0 spiro atoms. The van der Waals surface area contributed by atoms with Crippen LogP contribution in [0, 0.1) is 0 Å². The van der Waals surface area contributed by atoms with E-state index in [0.717, 1.165) is 22.5 Å². The summed E-state index contributed by atoms with van der Waals surface area (Å²) in [4.78, 5) is 27.7. The number of hydrogen-bond donors (Lipinski definition) is 0. The van der Waals surface area contributed by atoms with Crippen LogP contribution in [0.2, 0.25) is 0 Å². The Bertz CT molecular complexity index is 856. The van der Waals surface area contributed by atoms with Crippen molar-refractivity contribution in [2.45, 2.75) is 0 Å². The molecule has 26 heavy (non-hydrogen) atoms. The SMILES string of the molecule is COC(=O)c1ccc(-c2cccc(-c3ccc(C(=O)OC)cc3)n2)cc1. The number of ether oxygens (including phenoxy) is 2. The van der Waals surface area contributed by atoms with Gasteiger partial charge in [0.2, 0.25) is 0 Å². The number of methoxy groups -OCH3 is 2. The van der Waals surface area contributed by atoms with Gasteiger partial charge in [0, 0.05) is 11.1 Å². The van der Waals surface area contributed by atoms with Crippen LogP contribution in [-0.4, -0.2) is 31.1 Å². The Hall–Kier alpha value is -3.47. The summed E-state index contributed by atoms with van der Waals surface area (Å²) in [5.74, 6) is -0.743. The van der Waals surface area contributed by atoms with E-state index in [1.807, 2.05) is 42.5 Å². The summed E-state index contributed by atoms with van der Waals surface area (Å²) < 4.78 is 9.41. The first-order chi connectivity index (χ1) is 12.6. The van der Waals surface area contributed by atoms with Crippen molar-refractivity contribution in [2.75, 3.05) is 14.2 Å². The second kappa shape index (κ2) is 7.61. The van der Waals surface area contributed by atoms with Crippen LogP contribution < -0.4 is 0 Å². The molecule has 3 rings (SSSR count). The van der Waals surface area contributed by atoms with E-state index in [4.69, 9.17) is 9.47 Å². The molecule has 2 aromatic carbocycles. The zero-order chi connectivity index (χ0) is 18.5. The molecule has 0 N–H and O–H groups in total. The van der Waals surface area contributed by atoms with Crippen molar-refractivity contribution in [3.8, 4) is 22.5 Å². The maximum atomic E-state index is 11.5. The topological polar surface area (TPSA) is 65.5 Å². The molecule has 0 fully saturated rings. The molecule has 5 heteroatoms. The summed E-state index contributed by atoms with van der Waals surface area (Å²) in [5.41, 5.74) is 4.35. The number of aromatic nitrogens is 1. The Labute approximate surface area is 151 Å². The first kappa shape index (κ1) is 17.4. The monoisotopic (exact) mass is 347 g/mol. The van der Waals surface area contributed by atoms with Gasteiger partial charge in [0.25, 0.3) is 0 Å². The van der Waals surface area contributed by atoms with E-state index in [-0.39, 0.29) is 11.9 Å². The number of rotatable bonds is 4. The molecular formula is C21H17NO4. The standard InChI is InChI=1S/C21H17NO4/c1-25-20(23)16-10-6-14(7-11-16)18-4-3-5-19(22-18)15-8-12-17(13-9-15)21(24)26-2/h3-13H,1-2H3. The smallest absolute Gasteiger partial charge is 0.337 e. The molecule has 0 unspecified atom stereocenters. The van der Waals surface area contributed by atoms with Crippen LogP contribution in [0.3, 0.4) is 0 Å². The largest absolute Gasteiger partial charge is 0.465 e. The second-order valence-corrected chi connectivity index (χ2v) is 5.55. The maximum absolute atomic E-state index is 11.5. The molecule has 0 aliphatic rings. The summed E-state index contributed by atoms with van der Waals surface area (Å²) in [6, 6.07) is 19.9. The molecule has 5 nitrogen and oxygen atoms in total. The van der Waals surface area contributed by atoms with Crippen molar-refractivity contribution in [2.24, 2.45) is 0 Å². The third-order valence-electron chi connectivity index (χ3n) is 3.95. The van der Waals surface area contributed by atoms with Gasteiger partial charge in [-0.1, -0.05) is 30.3 Å². The van der Waals surface area contributed by atoms with Gasteiger partial charge >= 0.3 is 11.9 Å². The molecule has 0 saturated carbocycles.